The Morgan fingerprint density at radius 1 is 1.26 bits per heavy atom. The number of rotatable bonds is 8. The summed E-state index contributed by atoms with van der Waals surface area (Å²) in [6.45, 7) is 9.39. The number of amidine groups is 1. The molecule has 1 saturated carbocycles. The van der Waals surface area contributed by atoms with Gasteiger partial charge < -0.3 is 11.5 Å². The van der Waals surface area contributed by atoms with Crippen molar-refractivity contribution >= 4 is 15.9 Å². The van der Waals surface area contributed by atoms with Gasteiger partial charge >= 0.3 is 0 Å². The van der Waals surface area contributed by atoms with Crippen molar-refractivity contribution < 1.29 is 8.42 Å². The van der Waals surface area contributed by atoms with Gasteiger partial charge in [-0.05, 0) is 69.0 Å². The molecule has 0 saturated heterocycles. The van der Waals surface area contributed by atoms with E-state index in [9.17, 15) is 8.42 Å². The summed E-state index contributed by atoms with van der Waals surface area (Å²) in [7, 11) is -3.77. The molecule has 146 valence electrons. The van der Waals surface area contributed by atoms with Crippen molar-refractivity contribution in [3.63, 3.8) is 0 Å². The van der Waals surface area contributed by atoms with Crippen LogP contribution < -0.4 is 16.2 Å². The molecule has 0 radical (unpaired) electrons. The van der Waals surface area contributed by atoms with Gasteiger partial charge in [-0.15, -0.1) is 0 Å². The molecule has 7 heteroatoms. The maximum Gasteiger partial charge on any atom is 0.261 e. The molecule has 1 aliphatic rings. The molecule has 1 atom stereocenters. The van der Waals surface area contributed by atoms with Crippen LogP contribution in [0.3, 0.4) is 0 Å². The minimum absolute atomic E-state index is 0.130. The quantitative estimate of drug-likeness (QED) is 0.361. The van der Waals surface area contributed by atoms with Crippen LogP contribution in [-0.2, 0) is 10.0 Å². The number of nitrogens with two attached hydrogens (primary N) is 2. The first kappa shape index (κ1) is 20.9. The topological polar surface area (TPSA) is 111 Å². The van der Waals surface area contributed by atoms with Crippen molar-refractivity contribution in [3.8, 4) is 0 Å². The normalized spacial score (nSPS) is 17.6. The average Bonchev–Trinajstić information content (AvgIpc) is 3.42. The fourth-order valence-electron chi connectivity index (χ4n) is 2.73. The monoisotopic (exact) mass is 388 g/mol. The van der Waals surface area contributed by atoms with Crippen molar-refractivity contribution in [2.24, 2.45) is 16.5 Å². The number of allylic oxidation sites excluding steroid dienone is 3. The lowest BCUT2D eigenvalue weighted by molar-refractivity contribution is 0.589. The van der Waals surface area contributed by atoms with E-state index < -0.39 is 10.0 Å². The van der Waals surface area contributed by atoms with Crippen LogP contribution in [0.2, 0.25) is 0 Å². The van der Waals surface area contributed by atoms with E-state index in [1.165, 1.54) is 12.1 Å². The summed E-state index contributed by atoms with van der Waals surface area (Å²) < 4.78 is 27.9. The standard InChI is InChI=1S/C20H28N4O2S/c1-5-18(13(3)21)19(6-2)14(4)24-27(25,26)17-11-7-15(8-12-17)20(22)23-16-9-10-16/h5-8,11-13,16,24H,4,9-10,21H2,1-3H3,(H2,22,23)/b18-5-,19-6-. The predicted octanol–water partition coefficient (Wildman–Crippen LogP) is 2.59. The molecule has 1 unspecified atom stereocenters. The summed E-state index contributed by atoms with van der Waals surface area (Å²) >= 11 is 0. The highest BCUT2D eigenvalue weighted by atomic mass is 32.2. The van der Waals surface area contributed by atoms with Gasteiger partial charge in [0.1, 0.15) is 5.84 Å². The van der Waals surface area contributed by atoms with Crippen LogP contribution in [0.5, 0.6) is 0 Å². The van der Waals surface area contributed by atoms with E-state index in [4.69, 9.17) is 11.5 Å². The predicted molar refractivity (Wildman–Crippen MR) is 111 cm³/mol. The van der Waals surface area contributed by atoms with E-state index in [-0.39, 0.29) is 16.6 Å². The molecule has 0 heterocycles. The molecule has 0 spiro atoms. The second-order valence-corrected chi connectivity index (χ2v) is 8.27. The Balaban J connectivity index is 2.19. The third-order valence-corrected chi connectivity index (χ3v) is 5.72. The molecule has 1 aromatic rings. The van der Waals surface area contributed by atoms with Gasteiger partial charge in [0.2, 0.25) is 0 Å². The first-order valence-electron chi connectivity index (χ1n) is 8.93. The first-order valence-corrected chi connectivity index (χ1v) is 10.4. The molecule has 5 N–H and O–H groups in total. The third-order valence-electron chi connectivity index (χ3n) is 4.31. The van der Waals surface area contributed by atoms with Gasteiger partial charge in [-0.1, -0.05) is 18.7 Å². The maximum atomic E-state index is 12.7. The number of nitrogens with zero attached hydrogens (tertiary/aromatic N) is 1. The van der Waals surface area contributed by atoms with Gasteiger partial charge in [-0.3, -0.25) is 9.71 Å². The summed E-state index contributed by atoms with van der Waals surface area (Å²) in [4.78, 5) is 4.50. The highest BCUT2D eigenvalue weighted by Crippen LogP contribution is 2.24. The van der Waals surface area contributed by atoms with Crippen molar-refractivity contribution in [2.75, 3.05) is 0 Å². The van der Waals surface area contributed by atoms with E-state index in [1.807, 2.05) is 26.8 Å². The maximum absolute atomic E-state index is 12.7. The third kappa shape index (κ3) is 5.30. The van der Waals surface area contributed by atoms with E-state index >= 15 is 0 Å². The van der Waals surface area contributed by atoms with Gasteiger partial charge in [0, 0.05) is 17.3 Å². The Labute approximate surface area is 161 Å². The zero-order valence-corrected chi connectivity index (χ0v) is 16.9. The number of hydrogen-bond donors (Lipinski definition) is 3. The zero-order valence-electron chi connectivity index (χ0n) is 16.1. The Morgan fingerprint density at radius 2 is 1.85 bits per heavy atom. The molecule has 1 aromatic carbocycles. The summed E-state index contributed by atoms with van der Waals surface area (Å²) in [5.41, 5.74) is 14.4. The van der Waals surface area contributed by atoms with Crippen LogP contribution in [0.4, 0.5) is 0 Å². The molecule has 0 aliphatic heterocycles. The van der Waals surface area contributed by atoms with Crippen LogP contribution in [0.15, 0.2) is 69.7 Å². The molecular weight excluding hydrogens is 360 g/mol. The van der Waals surface area contributed by atoms with Gasteiger partial charge in [-0.25, -0.2) is 8.42 Å². The SMILES string of the molecule is C=C(NS(=O)(=O)c1ccc(C(N)=NC2CC2)cc1)C(=C/C)/C(=C\C)C(C)N. The second kappa shape index (κ2) is 8.54. The first-order chi connectivity index (χ1) is 12.7. The summed E-state index contributed by atoms with van der Waals surface area (Å²) in [6.07, 6.45) is 5.77. The number of sulfonamides is 1. The van der Waals surface area contributed by atoms with Crippen LogP contribution in [0.25, 0.3) is 0 Å². The molecule has 6 nitrogen and oxygen atoms in total. The summed E-state index contributed by atoms with van der Waals surface area (Å²) in [6, 6.07) is 6.41. The number of nitrogens with one attached hydrogen (secondary N) is 1. The van der Waals surface area contributed by atoms with E-state index in [0.717, 1.165) is 18.4 Å². The number of benzene rings is 1. The molecule has 1 fully saturated rings. The Bertz CT molecular complexity index is 890. The van der Waals surface area contributed by atoms with E-state index in [0.29, 0.717) is 23.0 Å². The van der Waals surface area contributed by atoms with Crippen molar-refractivity contribution in [1.29, 1.82) is 0 Å². The van der Waals surface area contributed by atoms with Gasteiger partial charge in [0.25, 0.3) is 10.0 Å². The lowest BCUT2D eigenvalue weighted by atomic mass is 9.98. The van der Waals surface area contributed by atoms with Gasteiger partial charge in [0.05, 0.1) is 10.9 Å². The molecule has 0 aromatic heterocycles. The Kier molecular flexibility index (Phi) is 6.62. The highest BCUT2D eigenvalue weighted by molar-refractivity contribution is 7.89. The lowest BCUT2D eigenvalue weighted by Crippen LogP contribution is -2.27. The largest absolute Gasteiger partial charge is 0.383 e. The number of aliphatic imine (C=N–C) groups is 1. The van der Waals surface area contributed by atoms with Gasteiger partial charge in [0.15, 0.2) is 0 Å². The van der Waals surface area contributed by atoms with Crippen molar-refractivity contribution in [1.82, 2.24) is 4.72 Å². The van der Waals surface area contributed by atoms with Gasteiger partial charge in [-0.2, -0.15) is 0 Å². The number of hydrogen-bond acceptors (Lipinski definition) is 4. The molecule has 0 bridgehead atoms. The van der Waals surface area contributed by atoms with Crippen LogP contribution in [0, 0.1) is 0 Å². The lowest BCUT2D eigenvalue weighted by Gasteiger charge is -2.19. The van der Waals surface area contributed by atoms with Crippen LogP contribution in [-0.4, -0.2) is 26.3 Å². The molecule has 1 aliphatic carbocycles. The van der Waals surface area contributed by atoms with Crippen LogP contribution >= 0.6 is 0 Å². The molecule has 2 rings (SSSR count). The minimum atomic E-state index is -3.77. The van der Waals surface area contributed by atoms with Crippen LogP contribution in [0.1, 0.15) is 39.2 Å². The Morgan fingerprint density at radius 3 is 2.30 bits per heavy atom. The molecule has 27 heavy (non-hydrogen) atoms. The summed E-state index contributed by atoms with van der Waals surface area (Å²) in [5.74, 6) is 0.435. The fraction of sp³-hybridized carbons (Fsp3) is 0.350. The smallest absolute Gasteiger partial charge is 0.261 e. The summed E-state index contributed by atoms with van der Waals surface area (Å²) in [5, 5.41) is 0. The molecular formula is C20H28N4O2S. The minimum Gasteiger partial charge on any atom is -0.383 e. The van der Waals surface area contributed by atoms with E-state index in [2.05, 4.69) is 16.3 Å². The highest BCUT2D eigenvalue weighted by Gasteiger charge is 2.21. The van der Waals surface area contributed by atoms with E-state index in [1.54, 1.807) is 18.2 Å². The van der Waals surface area contributed by atoms with Crippen molar-refractivity contribution in [3.05, 3.63) is 65.4 Å². The fourth-order valence-corrected chi connectivity index (χ4v) is 3.78. The zero-order chi connectivity index (χ0) is 20.2. The molecule has 0 amide bonds. The average molecular weight is 389 g/mol. The second-order valence-electron chi connectivity index (χ2n) is 6.59. The van der Waals surface area contributed by atoms with Crippen molar-refractivity contribution in [2.45, 2.75) is 50.6 Å². The Hall–Kier alpha value is -2.38.